The van der Waals surface area contributed by atoms with Crippen LogP contribution in [0.1, 0.15) is 25.3 Å². The number of halogens is 1. The molecule has 1 aromatic rings. The minimum atomic E-state index is -0.659. The van der Waals surface area contributed by atoms with Crippen molar-refractivity contribution in [2.24, 2.45) is 5.92 Å². The SMILES string of the molecule is CC1CC(C(=O)O)CCN1Cc1ccc(Cl)cc1. The lowest BCUT2D eigenvalue weighted by atomic mass is 9.91. The maximum Gasteiger partial charge on any atom is 0.306 e. The number of benzene rings is 1. The van der Waals surface area contributed by atoms with Crippen LogP contribution in [0.25, 0.3) is 0 Å². The van der Waals surface area contributed by atoms with Gasteiger partial charge in [-0.15, -0.1) is 0 Å². The van der Waals surface area contributed by atoms with Gasteiger partial charge in [-0.1, -0.05) is 23.7 Å². The zero-order valence-electron chi connectivity index (χ0n) is 10.5. The number of piperidine rings is 1. The van der Waals surface area contributed by atoms with Gasteiger partial charge in [0, 0.05) is 17.6 Å². The van der Waals surface area contributed by atoms with E-state index in [1.165, 1.54) is 5.56 Å². The van der Waals surface area contributed by atoms with Gasteiger partial charge in [-0.3, -0.25) is 9.69 Å². The predicted octanol–water partition coefficient (Wildman–Crippen LogP) is 3.03. The molecule has 1 fully saturated rings. The highest BCUT2D eigenvalue weighted by molar-refractivity contribution is 6.30. The average Bonchev–Trinajstić information content (AvgIpc) is 2.34. The van der Waals surface area contributed by atoms with Crippen LogP contribution >= 0.6 is 11.6 Å². The number of rotatable bonds is 3. The number of aliphatic carboxylic acids is 1. The highest BCUT2D eigenvalue weighted by Crippen LogP contribution is 2.24. The van der Waals surface area contributed by atoms with Crippen LogP contribution in [-0.2, 0) is 11.3 Å². The standard InChI is InChI=1S/C14H18ClNO2/c1-10-8-12(14(17)18)6-7-16(10)9-11-2-4-13(15)5-3-11/h2-5,10,12H,6-9H2,1H3,(H,17,18). The minimum absolute atomic E-state index is 0.179. The highest BCUT2D eigenvalue weighted by atomic mass is 35.5. The van der Waals surface area contributed by atoms with Crippen molar-refractivity contribution in [3.8, 4) is 0 Å². The zero-order valence-corrected chi connectivity index (χ0v) is 11.2. The van der Waals surface area contributed by atoms with E-state index < -0.39 is 5.97 Å². The molecule has 3 nitrogen and oxygen atoms in total. The fourth-order valence-corrected chi connectivity index (χ4v) is 2.63. The van der Waals surface area contributed by atoms with Gasteiger partial charge >= 0.3 is 5.97 Å². The second-order valence-electron chi connectivity index (χ2n) is 5.01. The lowest BCUT2D eigenvalue weighted by Gasteiger charge is -2.36. The van der Waals surface area contributed by atoms with Gasteiger partial charge in [0.05, 0.1) is 5.92 Å². The van der Waals surface area contributed by atoms with Crippen LogP contribution in [0.2, 0.25) is 5.02 Å². The summed E-state index contributed by atoms with van der Waals surface area (Å²) in [6, 6.07) is 8.16. The monoisotopic (exact) mass is 267 g/mol. The van der Waals surface area contributed by atoms with Crippen molar-refractivity contribution < 1.29 is 9.90 Å². The molecule has 2 unspecified atom stereocenters. The van der Waals surface area contributed by atoms with Crippen molar-refractivity contribution in [3.05, 3.63) is 34.9 Å². The minimum Gasteiger partial charge on any atom is -0.481 e. The Morgan fingerprint density at radius 3 is 2.67 bits per heavy atom. The maximum absolute atomic E-state index is 11.0. The van der Waals surface area contributed by atoms with Crippen molar-refractivity contribution >= 4 is 17.6 Å². The van der Waals surface area contributed by atoms with Crippen LogP contribution in [0.15, 0.2) is 24.3 Å². The molecular formula is C14H18ClNO2. The van der Waals surface area contributed by atoms with Gasteiger partial charge in [0.2, 0.25) is 0 Å². The van der Waals surface area contributed by atoms with Gasteiger partial charge in [-0.2, -0.15) is 0 Å². The average molecular weight is 268 g/mol. The summed E-state index contributed by atoms with van der Waals surface area (Å²) in [4.78, 5) is 13.3. The van der Waals surface area contributed by atoms with E-state index in [0.29, 0.717) is 6.04 Å². The third-order valence-corrected chi connectivity index (χ3v) is 3.91. The molecule has 0 saturated carbocycles. The lowest BCUT2D eigenvalue weighted by Crippen LogP contribution is -2.42. The fourth-order valence-electron chi connectivity index (χ4n) is 2.50. The summed E-state index contributed by atoms with van der Waals surface area (Å²) >= 11 is 5.86. The third kappa shape index (κ3) is 3.24. The van der Waals surface area contributed by atoms with Crippen LogP contribution in [0.4, 0.5) is 0 Å². The van der Waals surface area contributed by atoms with E-state index >= 15 is 0 Å². The van der Waals surface area contributed by atoms with Gasteiger partial charge in [-0.25, -0.2) is 0 Å². The second kappa shape index (κ2) is 5.72. The fraction of sp³-hybridized carbons (Fsp3) is 0.500. The van der Waals surface area contributed by atoms with Crippen LogP contribution in [0.3, 0.4) is 0 Å². The topological polar surface area (TPSA) is 40.5 Å². The van der Waals surface area contributed by atoms with Gasteiger partial charge in [0.1, 0.15) is 0 Å². The summed E-state index contributed by atoms with van der Waals surface area (Å²) in [6.07, 6.45) is 1.48. The highest BCUT2D eigenvalue weighted by Gasteiger charge is 2.29. The number of nitrogens with zero attached hydrogens (tertiary/aromatic N) is 1. The largest absolute Gasteiger partial charge is 0.481 e. The van der Waals surface area contributed by atoms with Crippen molar-refractivity contribution in [1.29, 1.82) is 0 Å². The molecule has 98 valence electrons. The number of likely N-dealkylation sites (tertiary alicyclic amines) is 1. The van der Waals surface area contributed by atoms with Crippen LogP contribution in [0.5, 0.6) is 0 Å². The summed E-state index contributed by atoms with van der Waals surface area (Å²) in [6.45, 7) is 3.82. The van der Waals surface area contributed by atoms with Gasteiger partial charge in [0.25, 0.3) is 0 Å². The first-order chi connectivity index (χ1) is 8.56. The van der Waals surface area contributed by atoms with Crippen LogP contribution in [0, 0.1) is 5.92 Å². The number of carbonyl (C=O) groups is 1. The Kier molecular flexibility index (Phi) is 4.25. The molecule has 0 radical (unpaired) electrons. The molecule has 1 aromatic carbocycles. The number of hydrogen-bond acceptors (Lipinski definition) is 2. The molecule has 0 aromatic heterocycles. The zero-order chi connectivity index (χ0) is 13.1. The van der Waals surface area contributed by atoms with Crippen molar-refractivity contribution in [2.75, 3.05) is 6.54 Å². The predicted molar refractivity (Wildman–Crippen MR) is 71.7 cm³/mol. The Labute approximate surface area is 112 Å². The molecule has 0 spiro atoms. The quantitative estimate of drug-likeness (QED) is 0.915. The summed E-state index contributed by atoms with van der Waals surface area (Å²) in [5.41, 5.74) is 1.22. The maximum atomic E-state index is 11.0. The Balaban J connectivity index is 1.95. The molecule has 4 heteroatoms. The Hall–Kier alpha value is -1.06. The third-order valence-electron chi connectivity index (χ3n) is 3.66. The molecule has 2 rings (SSSR count). The molecule has 2 atom stereocenters. The number of carboxylic acid groups (broad SMARTS) is 1. The first-order valence-electron chi connectivity index (χ1n) is 6.27. The second-order valence-corrected chi connectivity index (χ2v) is 5.44. The summed E-state index contributed by atoms with van der Waals surface area (Å²) in [7, 11) is 0. The smallest absolute Gasteiger partial charge is 0.306 e. The molecule has 18 heavy (non-hydrogen) atoms. The van der Waals surface area contributed by atoms with Gasteiger partial charge in [0.15, 0.2) is 0 Å². The van der Waals surface area contributed by atoms with E-state index in [4.69, 9.17) is 16.7 Å². The van der Waals surface area contributed by atoms with Crippen LogP contribution in [-0.4, -0.2) is 28.6 Å². The molecule has 0 aliphatic carbocycles. The first-order valence-corrected chi connectivity index (χ1v) is 6.65. The van der Waals surface area contributed by atoms with E-state index in [2.05, 4.69) is 11.8 Å². The summed E-state index contributed by atoms with van der Waals surface area (Å²) < 4.78 is 0. The number of carboxylic acids is 1. The van der Waals surface area contributed by atoms with E-state index in [9.17, 15) is 4.79 Å². The van der Waals surface area contributed by atoms with E-state index in [0.717, 1.165) is 31.0 Å². The Morgan fingerprint density at radius 2 is 2.11 bits per heavy atom. The molecule has 1 saturated heterocycles. The molecular weight excluding hydrogens is 250 g/mol. The van der Waals surface area contributed by atoms with Crippen molar-refractivity contribution in [3.63, 3.8) is 0 Å². The van der Waals surface area contributed by atoms with Crippen molar-refractivity contribution in [2.45, 2.75) is 32.4 Å². The van der Waals surface area contributed by atoms with E-state index in [-0.39, 0.29) is 5.92 Å². The molecule has 1 heterocycles. The van der Waals surface area contributed by atoms with Crippen molar-refractivity contribution in [1.82, 2.24) is 4.90 Å². The molecule has 1 aliphatic heterocycles. The molecule has 1 N–H and O–H groups in total. The number of hydrogen-bond donors (Lipinski definition) is 1. The van der Waals surface area contributed by atoms with Crippen LogP contribution < -0.4 is 0 Å². The molecule has 0 bridgehead atoms. The normalized spacial score (nSPS) is 25.0. The Morgan fingerprint density at radius 1 is 1.44 bits per heavy atom. The van der Waals surface area contributed by atoms with E-state index in [1.807, 2.05) is 24.3 Å². The molecule has 0 amide bonds. The first kappa shape index (κ1) is 13.4. The van der Waals surface area contributed by atoms with Gasteiger partial charge in [-0.05, 0) is 44.0 Å². The van der Waals surface area contributed by atoms with E-state index in [1.54, 1.807) is 0 Å². The van der Waals surface area contributed by atoms with Gasteiger partial charge < -0.3 is 5.11 Å². The summed E-state index contributed by atoms with van der Waals surface area (Å²) in [5, 5.41) is 9.78. The lowest BCUT2D eigenvalue weighted by molar-refractivity contribution is -0.144. The Bertz CT molecular complexity index is 418. The molecule has 1 aliphatic rings. The summed E-state index contributed by atoms with van der Waals surface area (Å²) in [5.74, 6) is -0.838.